The fourth-order valence-electron chi connectivity index (χ4n) is 1.11. The highest BCUT2D eigenvalue weighted by Crippen LogP contribution is 2.19. The molecule has 0 fully saturated rings. The van der Waals surface area contributed by atoms with Gasteiger partial charge in [-0.2, -0.15) is 0 Å². The van der Waals surface area contributed by atoms with E-state index in [0.29, 0.717) is 11.3 Å². The number of ether oxygens (including phenoxy) is 1. The van der Waals surface area contributed by atoms with Crippen LogP contribution in [0.25, 0.3) is 0 Å². The minimum Gasteiger partial charge on any atom is -0.497 e. The third kappa shape index (κ3) is 2.74. The van der Waals surface area contributed by atoms with Crippen LogP contribution >= 0.6 is 0 Å². The average molecular weight is 196 g/mol. The summed E-state index contributed by atoms with van der Waals surface area (Å²) in [5.41, 5.74) is 0.577. The molecular formula is C10H12O4. The van der Waals surface area contributed by atoms with E-state index in [1.54, 1.807) is 31.4 Å². The lowest BCUT2D eigenvalue weighted by Gasteiger charge is -2.08. The van der Waals surface area contributed by atoms with E-state index in [1.807, 2.05) is 0 Å². The maximum absolute atomic E-state index is 10.3. The summed E-state index contributed by atoms with van der Waals surface area (Å²) in [5.74, 6) is -0.343. The Balaban J connectivity index is 2.71. The first-order valence-electron chi connectivity index (χ1n) is 4.17. The van der Waals surface area contributed by atoms with Crippen molar-refractivity contribution < 1.29 is 19.7 Å². The number of aliphatic hydroxyl groups is 1. The topological polar surface area (TPSA) is 66.8 Å². The lowest BCUT2D eigenvalue weighted by Crippen LogP contribution is -2.05. The SMILES string of the molecule is COc1ccc([C@@H](O)CC(=O)O)cc1. The van der Waals surface area contributed by atoms with Crippen molar-refractivity contribution in [2.45, 2.75) is 12.5 Å². The van der Waals surface area contributed by atoms with Gasteiger partial charge in [0.05, 0.1) is 19.6 Å². The van der Waals surface area contributed by atoms with E-state index < -0.39 is 12.1 Å². The molecule has 4 nitrogen and oxygen atoms in total. The van der Waals surface area contributed by atoms with Crippen LogP contribution < -0.4 is 4.74 Å². The van der Waals surface area contributed by atoms with Crippen molar-refractivity contribution in [3.8, 4) is 5.75 Å². The second kappa shape index (κ2) is 4.62. The van der Waals surface area contributed by atoms with E-state index in [9.17, 15) is 9.90 Å². The van der Waals surface area contributed by atoms with Crippen LogP contribution in [0.15, 0.2) is 24.3 Å². The van der Waals surface area contributed by atoms with Gasteiger partial charge in [-0.25, -0.2) is 0 Å². The molecule has 0 unspecified atom stereocenters. The van der Waals surface area contributed by atoms with Gasteiger partial charge in [0.15, 0.2) is 0 Å². The van der Waals surface area contributed by atoms with E-state index >= 15 is 0 Å². The van der Waals surface area contributed by atoms with Crippen LogP contribution in [0.5, 0.6) is 5.75 Å². The summed E-state index contributed by atoms with van der Waals surface area (Å²) in [6, 6.07) is 6.65. The third-order valence-corrected chi connectivity index (χ3v) is 1.87. The standard InChI is InChI=1S/C10H12O4/c1-14-8-4-2-7(3-5-8)9(11)6-10(12)13/h2-5,9,11H,6H2,1H3,(H,12,13)/t9-/m0/s1. The molecule has 0 aliphatic carbocycles. The molecule has 14 heavy (non-hydrogen) atoms. The van der Waals surface area contributed by atoms with Crippen molar-refractivity contribution in [2.24, 2.45) is 0 Å². The van der Waals surface area contributed by atoms with Crippen LogP contribution in [0.4, 0.5) is 0 Å². The molecule has 0 spiro atoms. The molecule has 1 rings (SSSR count). The first-order chi connectivity index (χ1) is 6.63. The molecular weight excluding hydrogens is 184 g/mol. The smallest absolute Gasteiger partial charge is 0.306 e. The monoisotopic (exact) mass is 196 g/mol. The molecule has 4 heteroatoms. The maximum atomic E-state index is 10.3. The Morgan fingerprint density at radius 1 is 1.43 bits per heavy atom. The van der Waals surface area contributed by atoms with Crippen LogP contribution in [-0.4, -0.2) is 23.3 Å². The second-order valence-corrected chi connectivity index (χ2v) is 2.89. The number of aliphatic hydroxyl groups excluding tert-OH is 1. The van der Waals surface area contributed by atoms with Gasteiger partial charge in [0.2, 0.25) is 0 Å². The summed E-state index contributed by atoms with van der Waals surface area (Å²) in [7, 11) is 1.54. The van der Waals surface area contributed by atoms with Crippen LogP contribution in [-0.2, 0) is 4.79 Å². The fraction of sp³-hybridized carbons (Fsp3) is 0.300. The fourth-order valence-corrected chi connectivity index (χ4v) is 1.11. The molecule has 0 aliphatic heterocycles. The predicted octanol–water partition coefficient (Wildman–Crippen LogP) is 1.20. The number of hydrogen-bond donors (Lipinski definition) is 2. The molecule has 1 atom stereocenters. The van der Waals surface area contributed by atoms with Crippen LogP contribution in [0, 0.1) is 0 Å². The number of methoxy groups -OCH3 is 1. The normalized spacial score (nSPS) is 12.1. The molecule has 0 amide bonds. The van der Waals surface area contributed by atoms with Crippen molar-refractivity contribution in [3.05, 3.63) is 29.8 Å². The number of aliphatic carboxylic acids is 1. The highest BCUT2D eigenvalue weighted by molar-refractivity contribution is 5.67. The lowest BCUT2D eigenvalue weighted by atomic mass is 10.1. The molecule has 2 N–H and O–H groups in total. The number of carbonyl (C=O) groups is 1. The number of carboxylic acids is 1. The van der Waals surface area contributed by atoms with E-state index in [2.05, 4.69) is 0 Å². The zero-order valence-corrected chi connectivity index (χ0v) is 7.80. The van der Waals surface area contributed by atoms with Gasteiger partial charge < -0.3 is 14.9 Å². The molecule has 76 valence electrons. The molecule has 0 heterocycles. The Bertz CT molecular complexity index is 304. The van der Waals surface area contributed by atoms with Crippen molar-refractivity contribution in [3.63, 3.8) is 0 Å². The van der Waals surface area contributed by atoms with Crippen molar-refractivity contribution in [1.82, 2.24) is 0 Å². The van der Waals surface area contributed by atoms with E-state index in [-0.39, 0.29) is 6.42 Å². The van der Waals surface area contributed by atoms with Gasteiger partial charge >= 0.3 is 5.97 Å². The molecule has 1 aromatic carbocycles. The molecule has 0 aromatic heterocycles. The Labute approximate surface area is 81.8 Å². The molecule has 0 saturated heterocycles. The number of benzene rings is 1. The summed E-state index contributed by atoms with van der Waals surface area (Å²) in [4.78, 5) is 10.3. The Kier molecular flexibility index (Phi) is 3.48. The number of hydrogen-bond acceptors (Lipinski definition) is 3. The van der Waals surface area contributed by atoms with Crippen molar-refractivity contribution >= 4 is 5.97 Å². The summed E-state index contributed by atoms with van der Waals surface area (Å²) >= 11 is 0. The zero-order valence-electron chi connectivity index (χ0n) is 7.80. The Morgan fingerprint density at radius 3 is 2.43 bits per heavy atom. The minimum absolute atomic E-state index is 0.285. The van der Waals surface area contributed by atoms with Gasteiger partial charge in [-0.3, -0.25) is 4.79 Å². The van der Waals surface area contributed by atoms with E-state index in [1.165, 1.54) is 0 Å². The first kappa shape index (κ1) is 10.5. The molecule has 1 aromatic rings. The molecule has 0 saturated carbocycles. The molecule has 0 bridgehead atoms. The van der Waals surface area contributed by atoms with Gasteiger partial charge in [-0.1, -0.05) is 12.1 Å². The molecule has 0 aliphatic rings. The zero-order chi connectivity index (χ0) is 10.6. The first-order valence-corrected chi connectivity index (χ1v) is 4.17. The van der Waals surface area contributed by atoms with Crippen molar-refractivity contribution in [2.75, 3.05) is 7.11 Å². The average Bonchev–Trinajstić information content (AvgIpc) is 2.17. The lowest BCUT2D eigenvalue weighted by molar-refractivity contribution is -0.139. The predicted molar refractivity (Wildman–Crippen MR) is 50.2 cm³/mol. The summed E-state index contributed by atoms with van der Waals surface area (Å²) in [5, 5.41) is 17.9. The van der Waals surface area contributed by atoms with Crippen LogP contribution in [0.3, 0.4) is 0 Å². The summed E-state index contributed by atoms with van der Waals surface area (Å²) in [6.07, 6.45) is -1.25. The van der Waals surface area contributed by atoms with Gasteiger partial charge in [-0.15, -0.1) is 0 Å². The van der Waals surface area contributed by atoms with Crippen LogP contribution in [0.2, 0.25) is 0 Å². The Morgan fingerprint density at radius 2 is 2.00 bits per heavy atom. The van der Waals surface area contributed by atoms with Gasteiger partial charge in [0, 0.05) is 0 Å². The van der Waals surface area contributed by atoms with E-state index in [0.717, 1.165) is 0 Å². The molecule has 0 radical (unpaired) electrons. The summed E-state index contributed by atoms with van der Waals surface area (Å²) in [6.45, 7) is 0. The third-order valence-electron chi connectivity index (χ3n) is 1.87. The van der Waals surface area contributed by atoms with Gasteiger partial charge in [-0.05, 0) is 17.7 Å². The summed E-state index contributed by atoms with van der Waals surface area (Å²) < 4.78 is 4.93. The minimum atomic E-state index is -1.02. The van der Waals surface area contributed by atoms with Crippen LogP contribution in [0.1, 0.15) is 18.1 Å². The Hall–Kier alpha value is -1.55. The number of rotatable bonds is 4. The van der Waals surface area contributed by atoms with Gasteiger partial charge in [0.1, 0.15) is 5.75 Å². The number of carboxylic acid groups (broad SMARTS) is 1. The highest BCUT2D eigenvalue weighted by atomic mass is 16.5. The van der Waals surface area contributed by atoms with Crippen molar-refractivity contribution in [1.29, 1.82) is 0 Å². The second-order valence-electron chi connectivity index (χ2n) is 2.89. The highest BCUT2D eigenvalue weighted by Gasteiger charge is 2.11. The van der Waals surface area contributed by atoms with E-state index in [4.69, 9.17) is 9.84 Å². The quantitative estimate of drug-likeness (QED) is 0.759. The van der Waals surface area contributed by atoms with Gasteiger partial charge in [0.25, 0.3) is 0 Å². The largest absolute Gasteiger partial charge is 0.497 e. The maximum Gasteiger partial charge on any atom is 0.306 e.